The van der Waals surface area contributed by atoms with Gasteiger partial charge in [0.05, 0.1) is 17.6 Å². The maximum Gasteiger partial charge on any atom is 0.138 e. The lowest BCUT2D eigenvalue weighted by molar-refractivity contribution is -0.917. The normalized spacial score (nSPS) is 32.6. The van der Waals surface area contributed by atoms with E-state index in [1.807, 2.05) is 0 Å². The Bertz CT molecular complexity index is 607. The number of halogens is 2. The number of aliphatic hydroxyl groups is 1. The minimum atomic E-state index is -0.488. The highest BCUT2D eigenvalue weighted by Gasteiger charge is 2.52. The average Bonchev–Trinajstić information content (AvgIpc) is 2.66. The largest absolute Gasteiger partial charge is 0.489 e. The first-order chi connectivity index (χ1) is 11.2. The molecule has 1 aromatic carbocycles. The first kappa shape index (κ1) is 18.3. The second-order valence-corrected chi connectivity index (χ2v) is 9.68. The molecule has 0 spiro atoms. The van der Waals surface area contributed by atoms with Crippen molar-refractivity contribution in [3.05, 3.63) is 28.2 Å². The van der Waals surface area contributed by atoms with Crippen molar-refractivity contribution in [1.29, 1.82) is 0 Å². The molecule has 1 heterocycles. The van der Waals surface area contributed by atoms with Crippen molar-refractivity contribution in [3.63, 3.8) is 0 Å². The predicted octanol–water partition coefficient (Wildman–Crippen LogP) is 3.22. The maximum atomic E-state index is 10.4. The molecule has 0 radical (unpaired) electrons. The Hall–Kier alpha value is -0.480. The first-order valence-corrected chi connectivity index (χ1v) is 9.52. The van der Waals surface area contributed by atoms with Crippen LogP contribution in [0.15, 0.2) is 18.2 Å². The molecule has 4 atom stereocenters. The third kappa shape index (κ3) is 4.19. The van der Waals surface area contributed by atoms with E-state index in [1.54, 1.807) is 18.2 Å². The van der Waals surface area contributed by atoms with Crippen molar-refractivity contribution in [2.45, 2.75) is 52.2 Å². The van der Waals surface area contributed by atoms with E-state index in [2.05, 4.69) is 20.8 Å². The van der Waals surface area contributed by atoms with Crippen LogP contribution in [0.4, 0.5) is 0 Å². The second-order valence-electron chi connectivity index (χ2n) is 8.84. The number of rotatable bonds is 5. The third-order valence-electron chi connectivity index (χ3n) is 5.50. The van der Waals surface area contributed by atoms with Gasteiger partial charge in [0.15, 0.2) is 0 Å². The van der Waals surface area contributed by atoms with E-state index in [1.165, 1.54) is 24.2 Å². The Kier molecular flexibility index (Phi) is 5.10. The number of hydrogen-bond donors (Lipinski definition) is 2. The summed E-state index contributed by atoms with van der Waals surface area (Å²) in [6.07, 6.45) is 3.32. The zero-order chi connectivity index (χ0) is 17.5. The zero-order valence-electron chi connectivity index (χ0n) is 14.7. The van der Waals surface area contributed by atoms with Crippen LogP contribution in [0.1, 0.15) is 40.0 Å². The fraction of sp³-hybridized carbons (Fsp3) is 0.684. The summed E-state index contributed by atoms with van der Waals surface area (Å²) in [5.74, 6) is 0.573. The van der Waals surface area contributed by atoms with Gasteiger partial charge < -0.3 is 14.7 Å². The summed E-state index contributed by atoms with van der Waals surface area (Å²) in [6.45, 7) is 9.31. The lowest BCUT2D eigenvalue weighted by Crippen LogP contribution is -3.15. The molecule has 1 saturated carbocycles. The monoisotopic (exact) mass is 372 g/mol. The number of nitrogens with one attached hydrogen (secondary N) is 1. The van der Waals surface area contributed by atoms with Gasteiger partial charge in [0.2, 0.25) is 0 Å². The molecule has 2 fully saturated rings. The van der Waals surface area contributed by atoms with E-state index < -0.39 is 6.10 Å². The molecule has 134 valence electrons. The van der Waals surface area contributed by atoms with Gasteiger partial charge in [0.1, 0.15) is 25.0 Å². The Morgan fingerprint density at radius 3 is 2.75 bits per heavy atom. The number of quaternary nitrogens is 1. The van der Waals surface area contributed by atoms with Crippen LogP contribution >= 0.6 is 23.2 Å². The third-order valence-corrected chi connectivity index (χ3v) is 6.03. The van der Waals surface area contributed by atoms with Crippen LogP contribution in [0.5, 0.6) is 5.75 Å². The predicted molar refractivity (Wildman–Crippen MR) is 98.2 cm³/mol. The van der Waals surface area contributed by atoms with Crippen molar-refractivity contribution < 1.29 is 14.7 Å². The fourth-order valence-electron chi connectivity index (χ4n) is 5.13. The van der Waals surface area contributed by atoms with Crippen LogP contribution in [-0.2, 0) is 0 Å². The topological polar surface area (TPSA) is 33.9 Å². The molecule has 0 aromatic heterocycles. The minimum Gasteiger partial charge on any atom is -0.489 e. The molecule has 2 bridgehead atoms. The Morgan fingerprint density at radius 2 is 2.04 bits per heavy atom. The molecule has 5 heteroatoms. The fourth-order valence-corrected chi connectivity index (χ4v) is 5.59. The standard InChI is InChI=1S/C19H27Cl2NO2/c1-18(2)7-14-8-19(3,11-18)12-22(14)9-15(23)10-24-17-5-4-13(20)6-16(17)21/h4-6,14-15,23H,7-12H2,1-3H3/p+1/t14-,15+,19-/m1/s1. The summed E-state index contributed by atoms with van der Waals surface area (Å²) in [7, 11) is 0. The number of hydrogen-bond acceptors (Lipinski definition) is 2. The molecule has 3 rings (SSSR count). The van der Waals surface area contributed by atoms with E-state index in [4.69, 9.17) is 27.9 Å². The van der Waals surface area contributed by atoms with Gasteiger partial charge in [-0.25, -0.2) is 0 Å². The van der Waals surface area contributed by atoms with E-state index in [0.717, 1.165) is 13.1 Å². The lowest BCUT2D eigenvalue weighted by atomic mass is 9.65. The van der Waals surface area contributed by atoms with Gasteiger partial charge in [0, 0.05) is 23.3 Å². The van der Waals surface area contributed by atoms with Gasteiger partial charge in [-0.05, 0) is 30.0 Å². The molecular weight excluding hydrogens is 345 g/mol. The van der Waals surface area contributed by atoms with E-state index in [-0.39, 0.29) is 6.61 Å². The Morgan fingerprint density at radius 1 is 1.29 bits per heavy atom. The number of likely N-dealkylation sites (tertiary alicyclic amines) is 1. The summed E-state index contributed by atoms with van der Waals surface area (Å²) in [4.78, 5) is 1.53. The second kappa shape index (κ2) is 6.68. The number of benzene rings is 1. The van der Waals surface area contributed by atoms with Gasteiger partial charge in [-0.15, -0.1) is 0 Å². The summed E-state index contributed by atoms with van der Waals surface area (Å²) in [5.41, 5.74) is 0.833. The SMILES string of the molecule is CC1(C)C[C@@H]2C[C@@](C)(C[NH+]2C[C@H](O)COc2ccc(Cl)cc2Cl)C1. The van der Waals surface area contributed by atoms with E-state index in [0.29, 0.717) is 32.7 Å². The molecule has 1 aliphatic heterocycles. The zero-order valence-corrected chi connectivity index (χ0v) is 16.3. The van der Waals surface area contributed by atoms with Crippen molar-refractivity contribution in [2.75, 3.05) is 19.7 Å². The number of aliphatic hydroxyl groups excluding tert-OH is 1. The summed E-state index contributed by atoms with van der Waals surface area (Å²) < 4.78 is 5.69. The maximum absolute atomic E-state index is 10.4. The number of ether oxygens (including phenoxy) is 1. The molecule has 3 nitrogen and oxygen atoms in total. The molecule has 2 N–H and O–H groups in total. The minimum absolute atomic E-state index is 0.262. The summed E-state index contributed by atoms with van der Waals surface area (Å²) in [6, 6.07) is 5.80. The molecule has 2 aliphatic rings. The summed E-state index contributed by atoms with van der Waals surface area (Å²) in [5, 5.41) is 11.5. The molecule has 1 saturated heterocycles. The van der Waals surface area contributed by atoms with Gasteiger partial charge in [-0.1, -0.05) is 44.0 Å². The van der Waals surface area contributed by atoms with Crippen LogP contribution in [0, 0.1) is 10.8 Å². The Labute approximate surface area is 154 Å². The van der Waals surface area contributed by atoms with Crippen molar-refractivity contribution >= 4 is 23.2 Å². The lowest BCUT2D eigenvalue weighted by Gasteiger charge is -2.37. The highest BCUT2D eigenvalue weighted by atomic mass is 35.5. The van der Waals surface area contributed by atoms with Crippen LogP contribution in [0.3, 0.4) is 0 Å². The van der Waals surface area contributed by atoms with Crippen molar-refractivity contribution in [1.82, 2.24) is 0 Å². The Balaban J connectivity index is 1.55. The molecule has 0 amide bonds. The van der Waals surface area contributed by atoms with Crippen LogP contribution in [-0.4, -0.2) is 36.9 Å². The van der Waals surface area contributed by atoms with Crippen molar-refractivity contribution in [2.24, 2.45) is 10.8 Å². The molecule has 1 aromatic rings. The van der Waals surface area contributed by atoms with Crippen LogP contribution < -0.4 is 9.64 Å². The van der Waals surface area contributed by atoms with Gasteiger partial charge in [0.25, 0.3) is 0 Å². The first-order valence-electron chi connectivity index (χ1n) is 8.76. The van der Waals surface area contributed by atoms with Gasteiger partial charge >= 0.3 is 0 Å². The molecular formula is C19H28Cl2NO2+. The number of fused-ring (bicyclic) bond motifs is 2. The van der Waals surface area contributed by atoms with Gasteiger partial charge in [-0.3, -0.25) is 0 Å². The molecule has 1 aliphatic carbocycles. The van der Waals surface area contributed by atoms with E-state index >= 15 is 0 Å². The van der Waals surface area contributed by atoms with Crippen LogP contribution in [0.2, 0.25) is 10.0 Å². The highest BCUT2D eigenvalue weighted by molar-refractivity contribution is 6.35. The quantitative estimate of drug-likeness (QED) is 0.831. The highest BCUT2D eigenvalue weighted by Crippen LogP contribution is 2.47. The van der Waals surface area contributed by atoms with Crippen LogP contribution in [0.25, 0.3) is 0 Å². The summed E-state index contributed by atoms with van der Waals surface area (Å²) >= 11 is 12.0. The smallest absolute Gasteiger partial charge is 0.138 e. The molecule has 24 heavy (non-hydrogen) atoms. The average molecular weight is 373 g/mol. The van der Waals surface area contributed by atoms with Crippen molar-refractivity contribution in [3.8, 4) is 5.75 Å². The van der Waals surface area contributed by atoms with Gasteiger partial charge in [-0.2, -0.15) is 0 Å². The molecule has 1 unspecified atom stereocenters. The van der Waals surface area contributed by atoms with E-state index in [9.17, 15) is 5.11 Å².